The molecule has 0 atom stereocenters. The van der Waals surface area contributed by atoms with Gasteiger partial charge in [0.15, 0.2) is 0 Å². The second-order valence-corrected chi connectivity index (χ2v) is 4.28. The first-order chi connectivity index (χ1) is 9.65. The van der Waals surface area contributed by atoms with Crippen LogP contribution in [0.1, 0.15) is 35.6 Å². The van der Waals surface area contributed by atoms with Crippen molar-refractivity contribution < 1.29 is 4.79 Å². The normalized spacial score (nSPS) is 10.3. The zero-order valence-corrected chi connectivity index (χ0v) is 11.6. The Kier molecular flexibility index (Phi) is 4.24. The highest BCUT2D eigenvalue weighted by Crippen LogP contribution is 2.13. The van der Waals surface area contributed by atoms with Crippen molar-refractivity contribution in [1.82, 2.24) is 15.2 Å². The van der Waals surface area contributed by atoms with Crippen LogP contribution in [0, 0.1) is 0 Å². The van der Waals surface area contributed by atoms with E-state index >= 15 is 0 Å². The molecule has 2 aromatic rings. The van der Waals surface area contributed by atoms with Crippen LogP contribution in [0.5, 0.6) is 0 Å². The fourth-order valence-electron chi connectivity index (χ4n) is 1.86. The molecule has 0 fully saturated rings. The predicted molar refractivity (Wildman–Crippen MR) is 77.4 cm³/mol. The van der Waals surface area contributed by atoms with E-state index in [1.54, 1.807) is 24.3 Å². The Morgan fingerprint density at radius 3 is 2.50 bits per heavy atom. The molecule has 1 heterocycles. The molecule has 3 N–H and O–H groups in total. The number of nitrogen functional groups attached to an aromatic ring is 1. The number of nitrogens with zero attached hydrogens (tertiary/aromatic N) is 3. The van der Waals surface area contributed by atoms with Crippen LogP contribution in [-0.4, -0.2) is 21.1 Å². The Balaban J connectivity index is 2.22. The zero-order valence-electron chi connectivity index (χ0n) is 11.6. The Labute approximate surface area is 117 Å². The third kappa shape index (κ3) is 2.90. The molecule has 1 aromatic carbocycles. The molecule has 20 heavy (non-hydrogen) atoms. The molecule has 6 nitrogen and oxygen atoms in total. The van der Waals surface area contributed by atoms with Crippen molar-refractivity contribution in [1.29, 1.82) is 0 Å². The Bertz CT molecular complexity index is 627. The van der Waals surface area contributed by atoms with Gasteiger partial charge in [-0.05, 0) is 25.0 Å². The summed E-state index contributed by atoms with van der Waals surface area (Å²) in [5.74, 6) is -0.136. The van der Waals surface area contributed by atoms with E-state index in [1.165, 1.54) is 0 Å². The van der Waals surface area contributed by atoms with Gasteiger partial charge in [-0.25, -0.2) is 4.98 Å². The molecular formula is C14H17N5O. The second kappa shape index (κ2) is 6.10. The third-order valence-corrected chi connectivity index (χ3v) is 2.94. The van der Waals surface area contributed by atoms with E-state index in [9.17, 15) is 4.79 Å². The number of nitrogens with two attached hydrogens (primary N) is 1. The van der Waals surface area contributed by atoms with Gasteiger partial charge in [0.1, 0.15) is 0 Å². The number of carbonyl (C=O) groups is 1. The number of aromatic nitrogens is 3. The summed E-state index contributed by atoms with van der Waals surface area (Å²) in [6, 6.07) is 6.85. The quantitative estimate of drug-likeness (QED) is 0.827. The monoisotopic (exact) mass is 271 g/mol. The molecule has 104 valence electrons. The van der Waals surface area contributed by atoms with E-state index in [0.29, 0.717) is 11.3 Å². The average Bonchev–Trinajstić information content (AvgIpc) is 2.47. The average molecular weight is 271 g/mol. The number of para-hydroxylation sites is 1. The summed E-state index contributed by atoms with van der Waals surface area (Å²) < 4.78 is 0. The first-order valence-electron chi connectivity index (χ1n) is 6.54. The highest BCUT2D eigenvalue weighted by atomic mass is 16.1. The molecule has 0 aliphatic heterocycles. The van der Waals surface area contributed by atoms with Crippen molar-refractivity contribution in [2.45, 2.75) is 26.7 Å². The number of benzene rings is 1. The highest BCUT2D eigenvalue weighted by molar-refractivity contribution is 6.06. The van der Waals surface area contributed by atoms with E-state index in [0.717, 1.165) is 24.2 Å². The molecule has 2 rings (SSSR count). The molecule has 0 saturated carbocycles. The number of carbonyl (C=O) groups excluding carboxylic acids is 1. The van der Waals surface area contributed by atoms with Gasteiger partial charge in [-0.3, -0.25) is 10.1 Å². The van der Waals surface area contributed by atoms with Crippen LogP contribution < -0.4 is 11.1 Å². The summed E-state index contributed by atoms with van der Waals surface area (Å²) in [6.07, 6.45) is 1.51. The molecular weight excluding hydrogens is 254 g/mol. The van der Waals surface area contributed by atoms with Gasteiger partial charge < -0.3 is 5.73 Å². The van der Waals surface area contributed by atoms with Crippen LogP contribution in [0.4, 0.5) is 11.6 Å². The number of amides is 1. The summed E-state index contributed by atoms with van der Waals surface area (Å²) in [4.78, 5) is 16.4. The molecule has 6 heteroatoms. The lowest BCUT2D eigenvalue weighted by molar-refractivity contribution is 0.102. The standard InChI is InChI=1S/C14H17N5O/c1-3-11-12(4-2)18-19-14(16-11)17-13(20)9-7-5-6-8-10(9)15/h5-8H,3-4,15H2,1-2H3,(H,16,17,19,20). The Hall–Kier alpha value is -2.50. The number of nitrogens with one attached hydrogen (secondary N) is 1. The van der Waals surface area contributed by atoms with Crippen molar-refractivity contribution in [2.24, 2.45) is 0 Å². The Morgan fingerprint density at radius 1 is 1.15 bits per heavy atom. The molecule has 0 aliphatic rings. The van der Waals surface area contributed by atoms with Crippen molar-refractivity contribution in [3.05, 3.63) is 41.2 Å². The van der Waals surface area contributed by atoms with Crippen molar-refractivity contribution in [2.75, 3.05) is 11.1 Å². The third-order valence-electron chi connectivity index (χ3n) is 2.94. The van der Waals surface area contributed by atoms with Gasteiger partial charge in [-0.1, -0.05) is 26.0 Å². The lowest BCUT2D eigenvalue weighted by Gasteiger charge is -2.08. The summed E-state index contributed by atoms with van der Waals surface area (Å²) in [7, 11) is 0. The van der Waals surface area contributed by atoms with Gasteiger partial charge in [0.05, 0.1) is 17.0 Å². The summed E-state index contributed by atoms with van der Waals surface area (Å²) in [5, 5.41) is 10.6. The lowest BCUT2D eigenvalue weighted by atomic mass is 10.2. The van der Waals surface area contributed by atoms with Crippen molar-refractivity contribution in [3.63, 3.8) is 0 Å². The predicted octanol–water partition coefficient (Wildman–Crippen LogP) is 1.83. The number of anilines is 2. The van der Waals surface area contributed by atoms with Gasteiger partial charge in [-0.2, -0.15) is 0 Å². The lowest BCUT2D eigenvalue weighted by Crippen LogP contribution is -2.17. The minimum atomic E-state index is -0.337. The van der Waals surface area contributed by atoms with Crippen LogP contribution in [-0.2, 0) is 12.8 Å². The maximum Gasteiger partial charge on any atom is 0.260 e. The fourth-order valence-corrected chi connectivity index (χ4v) is 1.86. The highest BCUT2D eigenvalue weighted by Gasteiger charge is 2.12. The molecule has 1 amide bonds. The van der Waals surface area contributed by atoms with Gasteiger partial charge in [0.2, 0.25) is 5.95 Å². The second-order valence-electron chi connectivity index (χ2n) is 4.28. The van der Waals surface area contributed by atoms with Gasteiger partial charge in [0, 0.05) is 5.69 Å². The maximum atomic E-state index is 12.1. The van der Waals surface area contributed by atoms with Gasteiger partial charge in [-0.15, -0.1) is 10.2 Å². The molecule has 1 aromatic heterocycles. The smallest absolute Gasteiger partial charge is 0.260 e. The number of rotatable bonds is 4. The van der Waals surface area contributed by atoms with Crippen LogP contribution in [0.25, 0.3) is 0 Å². The van der Waals surface area contributed by atoms with E-state index in [2.05, 4.69) is 20.5 Å². The maximum absolute atomic E-state index is 12.1. The molecule has 0 unspecified atom stereocenters. The van der Waals surface area contributed by atoms with E-state index < -0.39 is 0 Å². The van der Waals surface area contributed by atoms with E-state index in [4.69, 9.17) is 5.73 Å². The first kappa shape index (κ1) is 13.9. The number of hydrogen-bond donors (Lipinski definition) is 2. The van der Waals surface area contributed by atoms with E-state index in [-0.39, 0.29) is 11.9 Å². The van der Waals surface area contributed by atoms with Gasteiger partial charge >= 0.3 is 0 Å². The van der Waals surface area contributed by atoms with Crippen molar-refractivity contribution in [3.8, 4) is 0 Å². The summed E-state index contributed by atoms with van der Waals surface area (Å²) in [6.45, 7) is 3.98. The molecule has 0 saturated heterocycles. The van der Waals surface area contributed by atoms with Crippen molar-refractivity contribution >= 4 is 17.5 Å². The first-order valence-corrected chi connectivity index (χ1v) is 6.54. The Morgan fingerprint density at radius 2 is 1.85 bits per heavy atom. The number of aryl methyl sites for hydroxylation is 2. The summed E-state index contributed by atoms with van der Waals surface area (Å²) >= 11 is 0. The fraction of sp³-hybridized carbons (Fsp3) is 0.286. The minimum Gasteiger partial charge on any atom is -0.398 e. The zero-order chi connectivity index (χ0) is 14.5. The largest absolute Gasteiger partial charge is 0.398 e. The SMILES string of the molecule is CCc1nnc(NC(=O)c2ccccc2N)nc1CC. The topological polar surface area (TPSA) is 93.8 Å². The van der Waals surface area contributed by atoms with E-state index in [1.807, 2.05) is 13.8 Å². The molecule has 0 aliphatic carbocycles. The van der Waals surface area contributed by atoms with Crippen LogP contribution >= 0.6 is 0 Å². The minimum absolute atomic E-state index is 0.201. The molecule has 0 spiro atoms. The molecule has 0 radical (unpaired) electrons. The van der Waals surface area contributed by atoms with Gasteiger partial charge in [0.25, 0.3) is 5.91 Å². The summed E-state index contributed by atoms with van der Waals surface area (Å²) in [5.41, 5.74) is 8.27. The number of hydrogen-bond acceptors (Lipinski definition) is 5. The molecule has 0 bridgehead atoms. The van der Waals surface area contributed by atoms with Crippen LogP contribution in [0.15, 0.2) is 24.3 Å². The van der Waals surface area contributed by atoms with Crippen LogP contribution in [0.3, 0.4) is 0 Å². The van der Waals surface area contributed by atoms with Crippen LogP contribution in [0.2, 0.25) is 0 Å².